The van der Waals surface area contributed by atoms with Crippen molar-refractivity contribution in [3.8, 4) is 0 Å². The van der Waals surface area contributed by atoms with Crippen molar-refractivity contribution in [3.05, 3.63) is 0 Å². The van der Waals surface area contributed by atoms with Crippen LogP contribution < -0.4 is 0 Å². The number of hydrogen-bond donors (Lipinski definition) is 0. The van der Waals surface area contributed by atoms with E-state index in [9.17, 15) is 0 Å². The van der Waals surface area contributed by atoms with E-state index in [0.717, 1.165) is 5.92 Å². The smallest absolute Gasteiger partial charge is 0.0201 e. The van der Waals surface area contributed by atoms with E-state index in [1.54, 1.807) is 0 Å². The molecule has 1 aliphatic rings. The van der Waals surface area contributed by atoms with Gasteiger partial charge in [0.05, 0.1) is 0 Å². The molecule has 1 aliphatic heterocycles. The van der Waals surface area contributed by atoms with E-state index in [1.807, 2.05) is 0 Å². The second kappa shape index (κ2) is 3.01. The number of rotatable bonds is 0. The quantitative estimate of drug-likeness (QED) is 0.450. The number of halogens is 1. The Morgan fingerprint density at radius 3 is 2.75 bits per heavy atom. The van der Waals surface area contributed by atoms with E-state index < -0.39 is 0 Å². The molecule has 1 saturated heterocycles. The van der Waals surface area contributed by atoms with Crippen molar-refractivity contribution in [2.75, 3.05) is 13.1 Å². The molecule has 0 radical (unpaired) electrons. The Balaban J connectivity index is 2.23. The molecule has 0 aliphatic carbocycles. The Morgan fingerprint density at radius 2 is 2.38 bits per heavy atom. The molecule has 0 N–H and O–H groups in total. The van der Waals surface area contributed by atoms with Gasteiger partial charge < -0.3 is 0 Å². The van der Waals surface area contributed by atoms with Crippen molar-refractivity contribution in [2.24, 2.45) is 5.92 Å². The lowest BCUT2D eigenvalue weighted by molar-refractivity contribution is 0.322. The second-order valence-corrected chi connectivity index (χ2v) is 3.98. The number of hydrogen-bond acceptors (Lipinski definition) is 1. The van der Waals surface area contributed by atoms with Crippen LogP contribution >= 0.6 is 22.9 Å². The van der Waals surface area contributed by atoms with Crippen molar-refractivity contribution in [1.29, 1.82) is 0 Å². The van der Waals surface area contributed by atoms with E-state index in [4.69, 9.17) is 0 Å². The summed E-state index contributed by atoms with van der Waals surface area (Å²) >= 11 is 2.41. The molecule has 1 heterocycles. The third kappa shape index (κ3) is 1.90. The van der Waals surface area contributed by atoms with Crippen LogP contribution in [0.15, 0.2) is 0 Å². The normalized spacial score (nSPS) is 33.0. The minimum Gasteiger partial charge on any atom is -0.247 e. The Kier molecular flexibility index (Phi) is 2.56. The Hall–Kier alpha value is 0.690. The predicted molar refractivity (Wildman–Crippen MR) is 44.0 cm³/mol. The molecule has 0 amide bonds. The molecule has 48 valence electrons. The lowest BCUT2D eigenvalue weighted by atomic mass is 10.0. The first kappa shape index (κ1) is 6.81. The zero-order valence-electron chi connectivity index (χ0n) is 5.23. The molecule has 2 heteroatoms. The van der Waals surface area contributed by atoms with Gasteiger partial charge in [-0.25, -0.2) is 3.11 Å². The van der Waals surface area contributed by atoms with Crippen molar-refractivity contribution < 1.29 is 0 Å². The van der Waals surface area contributed by atoms with Gasteiger partial charge >= 0.3 is 0 Å². The van der Waals surface area contributed by atoms with E-state index in [2.05, 4.69) is 32.9 Å². The van der Waals surface area contributed by atoms with Gasteiger partial charge in [-0.2, -0.15) is 0 Å². The molecule has 8 heavy (non-hydrogen) atoms. The van der Waals surface area contributed by atoms with Gasteiger partial charge in [-0.1, -0.05) is 6.92 Å². The summed E-state index contributed by atoms with van der Waals surface area (Å²) in [6.07, 6.45) is 2.82. The van der Waals surface area contributed by atoms with Crippen LogP contribution in [0.1, 0.15) is 19.8 Å². The average Bonchev–Trinajstić information content (AvgIpc) is 1.64. The van der Waals surface area contributed by atoms with Crippen LogP contribution in [0, 0.1) is 5.92 Å². The van der Waals surface area contributed by atoms with Gasteiger partial charge in [0, 0.05) is 36.0 Å². The molecule has 1 fully saturated rings. The highest BCUT2D eigenvalue weighted by atomic mass is 127. The maximum atomic E-state index is 2.41. The minimum absolute atomic E-state index is 0.931. The lowest BCUT2D eigenvalue weighted by Gasteiger charge is -2.24. The zero-order valence-corrected chi connectivity index (χ0v) is 7.39. The van der Waals surface area contributed by atoms with E-state index in [-0.39, 0.29) is 0 Å². The first-order valence-electron chi connectivity index (χ1n) is 3.20. The topological polar surface area (TPSA) is 3.24 Å². The van der Waals surface area contributed by atoms with Crippen LogP contribution in [0.2, 0.25) is 0 Å². The summed E-state index contributed by atoms with van der Waals surface area (Å²) in [5.41, 5.74) is 0. The van der Waals surface area contributed by atoms with Gasteiger partial charge in [-0.15, -0.1) is 0 Å². The van der Waals surface area contributed by atoms with Gasteiger partial charge in [0.25, 0.3) is 0 Å². The van der Waals surface area contributed by atoms with Crippen molar-refractivity contribution in [3.63, 3.8) is 0 Å². The fourth-order valence-electron chi connectivity index (χ4n) is 1.13. The largest absolute Gasteiger partial charge is 0.247 e. The van der Waals surface area contributed by atoms with Gasteiger partial charge in [0.1, 0.15) is 0 Å². The summed E-state index contributed by atoms with van der Waals surface area (Å²) in [6.45, 7) is 4.91. The fraction of sp³-hybridized carbons (Fsp3) is 1.00. The van der Waals surface area contributed by atoms with Crippen molar-refractivity contribution in [2.45, 2.75) is 19.8 Å². The maximum absolute atomic E-state index is 2.41. The summed E-state index contributed by atoms with van der Waals surface area (Å²) in [6, 6.07) is 0. The first-order valence-corrected chi connectivity index (χ1v) is 4.16. The van der Waals surface area contributed by atoms with Crippen LogP contribution in [-0.2, 0) is 0 Å². The molecule has 0 aromatic rings. The van der Waals surface area contributed by atoms with Crippen molar-refractivity contribution in [1.82, 2.24) is 3.11 Å². The summed E-state index contributed by atoms with van der Waals surface area (Å²) in [5, 5.41) is 0. The number of piperidine rings is 1. The lowest BCUT2D eigenvalue weighted by Crippen LogP contribution is -2.25. The molecular weight excluding hydrogens is 213 g/mol. The summed E-state index contributed by atoms with van der Waals surface area (Å²) in [7, 11) is 0. The Bertz CT molecular complexity index is 66.9. The van der Waals surface area contributed by atoms with Crippen LogP contribution in [0.25, 0.3) is 0 Å². The Morgan fingerprint density at radius 1 is 1.62 bits per heavy atom. The van der Waals surface area contributed by atoms with Crippen LogP contribution in [-0.4, -0.2) is 16.2 Å². The predicted octanol–water partition coefficient (Wildman–Crippen LogP) is 2.07. The minimum atomic E-state index is 0.931. The van der Waals surface area contributed by atoms with Gasteiger partial charge in [0.15, 0.2) is 0 Å². The molecule has 1 rings (SSSR count). The monoisotopic (exact) mass is 225 g/mol. The molecule has 1 atom stereocenters. The van der Waals surface area contributed by atoms with E-state index >= 15 is 0 Å². The van der Waals surface area contributed by atoms with Crippen LogP contribution in [0.5, 0.6) is 0 Å². The molecule has 0 spiro atoms. The molecule has 0 bridgehead atoms. The van der Waals surface area contributed by atoms with Crippen LogP contribution in [0.4, 0.5) is 0 Å². The summed E-state index contributed by atoms with van der Waals surface area (Å²) < 4.78 is 2.38. The summed E-state index contributed by atoms with van der Waals surface area (Å²) in [5.74, 6) is 0.931. The first-order chi connectivity index (χ1) is 3.79. The van der Waals surface area contributed by atoms with Gasteiger partial charge in [-0.05, 0) is 18.8 Å². The van der Waals surface area contributed by atoms with E-state index in [0.29, 0.717) is 0 Å². The molecular formula is C6H12IN. The number of nitrogens with zero attached hydrogens (tertiary/aromatic N) is 1. The highest BCUT2D eigenvalue weighted by Gasteiger charge is 2.12. The Labute approximate surface area is 64.9 Å². The fourth-order valence-corrected chi connectivity index (χ4v) is 2.15. The summed E-state index contributed by atoms with van der Waals surface area (Å²) in [4.78, 5) is 0. The van der Waals surface area contributed by atoms with Gasteiger partial charge in [-0.3, -0.25) is 0 Å². The van der Waals surface area contributed by atoms with Crippen molar-refractivity contribution >= 4 is 22.9 Å². The molecule has 0 saturated carbocycles. The third-order valence-corrected chi connectivity index (χ3v) is 2.48. The van der Waals surface area contributed by atoms with E-state index in [1.165, 1.54) is 25.9 Å². The van der Waals surface area contributed by atoms with Crippen LogP contribution in [0.3, 0.4) is 0 Å². The maximum Gasteiger partial charge on any atom is 0.0201 e. The average molecular weight is 225 g/mol. The molecule has 0 aromatic heterocycles. The second-order valence-electron chi connectivity index (χ2n) is 2.62. The highest BCUT2D eigenvalue weighted by molar-refractivity contribution is 14.1. The SMILES string of the molecule is C[C@H]1CCCN(I)C1. The standard InChI is InChI=1S/C6H12IN/c1-6-3-2-4-8(7)5-6/h6H,2-5H2,1H3/t6-/m0/s1. The molecule has 0 unspecified atom stereocenters. The highest BCUT2D eigenvalue weighted by Crippen LogP contribution is 2.17. The van der Waals surface area contributed by atoms with Gasteiger partial charge in [0.2, 0.25) is 0 Å². The third-order valence-electron chi connectivity index (χ3n) is 1.61. The zero-order chi connectivity index (χ0) is 5.98. The molecule has 1 nitrogen and oxygen atoms in total. The molecule has 0 aromatic carbocycles.